The molecule has 1 heterocycles. The maximum absolute atomic E-state index is 6.02. The topological polar surface area (TPSA) is 42.1 Å². The molecule has 1 aromatic heterocycles. The van der Waals surface area contributed by atoms with Crippen molar-refractivity contribution in [3.63, 3.8) is 0 Å². The normalized spacial score (nSPS) is 17.4. The Balaban J connectivity index is 2.00. The highest BCUT2D eigenvalue weighted by molar-refractivity contribution is 5.46. The maximum atomic E-state index is 6.02. The molecule has 1 saturated carbocycles. The molecule has 2 N–H and O–H groups in total. The molecule has 0 bridgehead atoms. The van der Waals surface area contributed by atoms with Crippen LogP contribution >= 0.6 is 0 Å². The van der Waals surface area contributed by atoms with Gasteiger partial charge in [0.05, 0.1) is 0 Å². The molecule has 0 spiro atoms. The van der Waals surface area contributed by atoms with Gasteiger partial charge < -0.3 is 10.6 Å². The molecule has 1 fully saturated rings. The molecule has 1 aliphatic rings. The molecule has 1 aliphatic carbocycles. The number of pyridine rings is 1. The minimum Gasteiger partial charge on any atom is -0.359 e. The van der Waals surface area contributed by atoms with Gasteiger partial charge in [-0.3, -0.25) is 0 Å². The number of aryl methyl sites for hydroxylation is 1. The van der Waals surface area contributed by atoms with Crippen molar-refractivity contribution in [3.8, 4) is 0 Å². The van der Waals surface area contributed by atoms with Crippen LogP contribution in [0.3, 0.4) is 0 Å². The fraction of sp³-hybridized carbons (Fsp3) is 0.706. The van der Waals surface area contributed by atoms with Gasteiger partial charge in [0.2, 0.25) is 0 Å². The zero-order valence-corrected chi connectivity index (χ0v) is 13.2. The molecule has 1 atom stereocenters. The molecule has 1 unspecified atom stereocenters. The fourth-order valence-corrected chi connectivity index (χ4v) is 3.25. The lowest BCUT2D eigenvalue weighted by molar-refractivity contribution is 0.544. The van der Waals surface area contributed by atoms with Crippen molar-refractivity contribution >= 4 is 5.82 Å². The van der Waals surface area contributed by atoms with E-state index in [1.165, 1.54) is 36.8 Å². The summed E-state index contributed by atoms with van der Waals surface area (Å²) in [6.45, 7) is 5.44. The highest BCUT2D eigenvalue weighted by Crippen LogP contribution is 2.27. The first-order valence-corrected chi connectivity index (χ1v) is 8.02. The van der Waals surface area contributed by atoms with Crippen LogP contribution in [-0.4, -0.2) is 24.6 Å². The van der Waals surface area contributed by atoms with Crippen molar-refractivity contribution in [2.75, 3.05) is 18.5 Å². The molecule has 1 aromatic rings. The Hall–Kier alpha value is -1.09. The van der Waals surface area contributed by atoms with Crippen LogP contribution in [0.1, 0.15) is 50.2 Å². The Morgan fingerprint density at radius 2 is 2.10 bits per heavy atom. The zero-order chi connectivity index (χ0) is 14.5. The van der Waals surface area contributed by atoms with E-state index in [0.29, 0.717) is 0 Å². The number of aromatic nitrogens is 1. The number of nitrogens with two attached hydrogens (primary N) is 1. The van der Waals surface area contributed by atoms with E-state index in [4.69, 9.17) is 5.73 Å². The monoisotopic (exact) mass is 275 g/mol. The third-order valence-electron chi connectivity index (χ3n) is 4.50. The minimum absolute atomic E-state index is 0.248. The van der Waals surface area contributed by atoms with E-state index in [0.717, 1.165) is 31.1 Å². The third kappa shape index (κ3) is 3.95. The second-order valence-corrected chi connectivity index (χ2v) is 6.39. The van der Waals surface area contributed by atoms with Crippen LogP contribution in [0.4, 0.5) is 5.82 Å². The first-order chi connectivity index (χ1) is 9.60. The van der Waals surface area contributed by atoms with Crippen LogP contribution in [0.5, 0.6) is 0 Å². The lowest BCUT2D eigenvalue weighted by atomic mass is 10.0. The summed E-state index contributed by atoms with van der Waals surface area (Å²) in [5.74, 6) is 1.99. The van der Waals surface area contributed by atoms with Crippen molar-refractivity contribution in [2.24, 2.45) is 11.7 Å². The summed E-state index contributed by atoms with van der Waals surface area (Å²) < 4.78 is 0. The van der Waals surface area contributed by atoms with Gasteiger partial charge in [-0.15, -0.1) is 0 Å². The molecule has 3 nitrogen and oxygen atoms in total. The Bertz CT molecular complexity index is 424. The van der Waals surface area contributed by atoms with Crippen LogP contribution in [0.15, 0.2) is 12.3 Å². The highest BCUT2D eigenvalue weighted by Gasteiger charge is 2.18. The summed E-state index contributed by atoms with van der Waals surface area (Å²) in [4.78, 5) is 7.01. The van der Waals surface area contributed by atoms with Crippen molar-refractivity contribution in [1.29, 1.82) is 0 Å². The van der Waals surface area contributed by atoms with Crippen LogP contribution in [0.2, 0.25) is 0 Å². The molecular formula is C17H29N3. The van der Waals surface area contributed by atoms with Crippen LogP contribution in [0, 0.1) is 12.8 Å². The van der Waals surface area contributed by atoms with Gasteiger partial charge in [0.25, 0.3) is 0 Å². The molecular weight excluding hydrogens is 246 g/mol. The molecule has 0 amide bonds. The number of hydrogen-bond donors (Lipinski definition) is 1. The molecule has 0 aromatic carbocycles. The Morgan fingerprint density at radius 1 is 1.40 bits per heavy atom. The quantitative estimate of drug-likeness (QED) is 0.866. The maximum Gasteiger partial charge on any atom is 0.131 e. The molecule has 2 rings (SSSR count). The van der Waals surface area contributed by atoms with E-state index < -0.39 is 0 Å². The largest absolute Gasteiger partial charge is 0.359 e. The van der Waals surface area contributed by atoms with Gasteiger partial charge in [-0.25, -0.2) is 4.98 Å². The number of anilines is 1. The predicted molar refractivity (Wildman–Crippen MR) is 86.2 cm³/mol. The van der Waals surface area contributed by atoms with Crippen molar-refractivity contribution in [1.82, 2.24) is 4.98 Å². The minimum atomic E-state index is 0.248. The Kier molecular flexibility index (Phi) is 5.41. The number of hydrogen-bond acceptors (Lipinski definition) is 3. The van der Waals surface area contributed by atoms with Gasteiger partial charge in [-0.1, -0.05) is 25.8 Å². The molecule has 0 saturated heterocycles. The van der Waals surface area contributed by atoms with Gasteiger partial charge in [-0.2, -0.15) is 0 Å². The molecule has 3 heteroatoms. The molecule has 0 radical (unpaired) electrons. The highest BCUT2D eigenvalue weighted by atomic mass is 15.2. The number of rotatable bonds is 6. The lowest BCUT2D eigenvalue weighted by Gasteiger charge is -2.24. The summed E-state index contributed by atoms with van der Waals surface area (Å²) in [6.07, 6.45) is 9.51. The van der Waals surface area contributed by atoms with Gasteiger partial charge in [0, 0.05) is 25.8 Å². The second kappa shape index (κ2) is 7.07. The predicted octanol–water partition coefficient (Wildman–Crippen LogP) is 3.30. The Labute approximate surface area is 123 Å². The van der Waals surface area contributed by atoms with E-state index in [9.17, 15) is 0 Å². The molecule has 112 valence electrons. The third-order valence-corrected chi connectivity index (χ3v) is 4.50. The van der Waals surface area contributed by atoms with Crippen LogP contribution < -0.4 is 10.6 Å². The van der Waals surface area contributed by atoms with Gasteiger partial charge in [0.1, 0.15) is 5.82 Å². The smallest absolute Gasteiger partial charge is 0.131 e. The van der Waals surface area contributed by atoms with E-state index in [-0.39, 0.29) is 6.04 Å². The van der Waals surface area contributed by atoms with E-state index in [1.807, 2.05) is 6.20 Å². The second-order valence-electron chi connectivity index (χ2n) is 6.39. The van der Waals surface area contributed by atoms with Crippen molar-refractivity contribution < 1.29 is 0 Å². The molecule has 20 heavy (non-hydrogen) atoms. The van der Waals surface area contributed by atoms with Gasteiger partial charge >= 0.3 is 0 Å². The van der Waals surface area contributed by atoms with Crippen molar-refractivity contribution in [2.45, 2.75) is 58.4 Å². The molecule has 0 aliphatic heterocycles. The summed E-state index contributed by atoms with van der Waals surface area (Å²) in [5.41, 5.74) is 8.55. The van der Waals surface area contributed by atoms with E-state index in [2.05, 4.69) is 36.8 Å². The zero-order valence-electron chi connectivity index (χ0n) is 13.2. The summed E-state index contributed by atoms with van der Waals surface area (Å²) in [5, 5.41) is 0. The first-order valence-electron chi connectivity index (χ1n) is 8.02. The van der Waals surface area contributed by atoms with Gasteiger partial charge in [-0.05, 0) is 49.7 Å². The van der Waals surface area contributed by atoms with Crippen LogP contribution in [0.25, 0.3) is 0 Å². The fourth-order valence-electron chi connectivity index (χ4n) is 3.25. The van der Waals surface area contributed by atoms with Crippen LogP contribution in [-0.2, 0) is 6.42 Å². The lowest BCUT2D eigenvalue weighted by Crippen LogP contribution is -2.26. The summed E-state index contributed by atoms with van der Waals surface area (Å²) in [6, 6.07) is 2.50. The van der Waals surface area contributed by atoms with E-state index in [1.54, 1.807) is 0 Å². The average molecular weight is 275 g/mol. The number of nitrogens with zero attached hydrogens (tertiary/aromatic N) is 2. The van der Waals surface area contributed by atoms with Gasteiger partial charge in [0.15, 0.2) is 0 Å². The average Bonchev–Trinajstić information content (AvgIpc) is 2.91. The summed E-state index contributed by atoms with van der Waals surface area (Å²) >= 11 is 0. The summed E-state index contributed by atoms with van der Waals surface area (Å²) in [7, 11) is 2.17. The first kappa shape index (κ1) is 15.3. The Morgan fingerprint density at radius 3 is 2.70 bits per heavy atom. The SMILES string of the molecule is CCC(N)Cc1cnc(N(C)CC2CCCC2)c(C)c1. The standard InChI is InChI=1S/C17H29N3/c1-4-16(18)10-15-9-13(2)17(19-11-15)20(3)12-14-7-5-6-8-14/h9,11,14,16H,4-8,10,12,18H2,1-3H3. The van der Waals surface area contributed by atoms with E-state index >= 15 is 0 Å². The van der Waals surface area contributed by atoms with Crippen molar-refractivity contribution in [3.05, 3.63) is 23.4 Å².